The molecule has 0 aliphatic heterocycles. The van der Waals surface area contributed by atoms with Crippen LogP contribution in [0.25, 0.3) is 0 Å². The fourth-order valence-electron chi connectivity index (χ4n) is 1.58. The number of methoxy groups -OCH3 is 1. The van der Waals surface area contributed by atoms with Crippen LogP contribution in [0.3, 0.4) is 0 Å². The summed E-state index contributed by atoms with van der Waals surface area (Å²) in [5, 5.41) is 2.10. The molecule has 1 atom stereocenters. The van der Waals surface area contributed by atoms with Crippen LogP contribution < -0.4 is 0 Å². The first-order valence-electron chi connectivity index (χ1n) is 5.27. The van der Waals surface area contributed by atoms with Gasteiger partial charge in [-0.2, -0.15) is 0 Å². The molecule has 1 heterocycles. The molecule has 1 aromatic heterocycles. The van der Waals surface area contributed by atoms with Gasteiger partial charge in [0.15, 0.2) is 0 Å². The minimum absolute atomic E-state index is 0. The van der Waals surface area contributed by atoms with Crippen LogP contribution in [0.4, 0.5) is 0 Å². The summed E-state index contributed by atoms with van der Waals surface area (Å²) in [4.78, 5) is 12.3. The maximum Gasteiger partial charge on any atom is 0.132 e. The number of hydrogen-bond donors (Lipinski definition) is 0. The highest BCUT2D eigenvalue weighted by Gasteiger charge is 2.09. The van der Waals surface area contributed by atoms with E-state index in [0.29, 0.717) is 6.42 Å². The number of carbonyl (C=O) groups is 1. The van der Waals surface area contributed by atoms with Gasteiger partial charge in [-0.3, -0.25) is 4.79 Å². The van der Waals surface area contributed by atoms with Gasteiger partial charge >= 0.3 is 0 Å². The van der Waals surface area contributed by atoms with Gasteiger partial charge in [0.25, 0.3) is 0 Å². The van der Waals surface area contributed by atoms with Gasteiger partial charge in [0.05, 0.1) is 6.10 Å². The van der Waals surface area contributed by atoms with Gasteiger partial charge in [-0.1, -0.05) is 20.9 Å². The lowest BCUT2D eigenvalue weighted by atomic mass is 10.1. The Morgan fingerprint density at radius 2 is 2.18 bits per heavy atom. The van der Waals surface area contributed by atoms with Crippen molar-refractivity contribution < 1.29 is 9.53 Å². The highest BCUT2D eigenvalue weighted by atomic mass is 32.1. The van der Waals surface area contributed by atoms with Crippen molar-refractivity contribution in [2.75, 3.05) is 7.11 Å². The van der Waals surface area contributed by atoms with Gasteiger partial charge in [-0.15, -0.1) is 11.3 Å². The quantitative estimate of drug-likeness (QED) is 0.727. The predicted molar refractivity (Wildman–Crippen MR) is 76.8 cm³/mol. The van der Waals surface area contributed by atoms with E-state index in [-0.39, 0.29) is 26.7 Å². The minimum atomic E-state index is 0. The van der Waals surface area contributed by atoms with Gasteiger partial charge < -0.3 is 4.74 Å². The zero-order valence-electron chi connectivity index (χ0n) is 9.36. The zero-order valence-corrected chi connectivity index (χ0v) is 10.2. The van der Waals surface area contributed by atoms with Crippen molar-refractivity contribution in [3.05, 3.63) is 22.4 Å². The molecule has 0 saturated carbocycles. The summed E-state index contributed by atoms with van der Waals surface area (Å²) in [7, 11) is 1.68. The van der Waals surface area contributed by atoms with Crippen LogP contribution in [-0.2, 0) is 16.0 Å². The van der Waals surface area contributed by atoms with E-state index in [1.165, 1.54) is 4.88 Å². The molecule has 1 rings (SSSR count). The van der Waals surface area contributed by atoms with Crippen molar-refractivity contribution in [2.24, 2.45) is 0 Å². The number of rotatable bonds is 7. The Kier molecular flexibility index (Phi) is 11.5. The van der Waals surface area contributed by atoms with E-state index < -0.39 is 0 Å². The second kappa shape index (κ2) is 10.5. The molecule has 0 amide bonds. The van der Waals surface area contributed by atoms with Crippen molar-refractivity contribution in [1.29, 1.82) is 0 Å². The molecule has 3 heteroatoms. The molecular formula is C14H26O2S. The van der Waals surface area contributed by atoms with Gasteiger partial charge in [0, 0.05) is 18.4 Å². The summed E-state index contributed by atoms with van der Waals surface area (Å²) in [5.41, 5.74) is 0. The van der Waals surface area contributed by atoms with Crippen LogP contribution in [-0.4, -0.2) is 19.0 Å². The van der Waals surface area contributed by atoms with Crippen LogP contribution in [0.1, 0.15) is 45.9 Å². The highest BCUT2D eigenvalue weighted by Crippen LogP contribution is 2.14. The second-order valence-electron chi connectivity index (χ2n) is 3.74. The summed E-state index contributed by atoms with van der Waals surface area (Å²) in [6.45, 7) is 1.62. The Morgan fingerprint density at radius 3 is 2.65 bits per heavy atom. The summed E-state index contributed by atoms with van der Waals surface area (Å²) in [5.74, 6) is 0.206. The molecule has 2 nitrogen and oxygen atoms in total. The molecule has 0 spiro atoms. The molecular weight excluding hydrogens is 232 g/mol. The standard InChI is InChI=1S/C12H18O2S.2CH4/c1-10(13)9-11(14-2)5-3-6-12-7-4-8-15-12;;/h4,7-8,11H,3,5-6,9H2,1-2H3;2*1H4. The average molecular weight is 258 g/mol. The Bertz CT molecular complexity index is 280. The first kappa shape index (κ1) is 18.7. The van der Waals surface area contributed by atoms with E-state index in [2.05, 4.69) is 17.5 Å². The Labute approximate surface area is 110 Å². The van der Waals surface area contributed by atoms with E-state index in [1.807, 2.05) is 0 Å². The topological polar surface area (TPSA) is 26.3 Å². The maximum atomic E-state index is 10.9. The smallest absolute Gasteiger partial charge is 0.132 e. The van der Waals surface area contributed by atoms with Crippen molar-refractivity contribution in [1.82, 2.24) is 0 Å². The van der Waals surface area contributed by atoms with Crippen LogP contribution in [0, 0.1) is 0 Å². The third-order valence-corrected chi connectivity index (χ3v) is 3.31. The third kappa shape index (κ3) is 8.11. The highest BCUT2D eigenvalue weighted by molar-refractivity contribution is 7.09. The van der Waals surface area contributed by atoms with Crippen LogP contribution in [0.15, 0.2) is 17.5 Å². The van der Waals surface area contributed by atoms with Gasteiger partial charge in [0.2, 0.25) is 0 Å². The number of thiophene rings is 1. The van der Waals surface area contributed by atoms with Crippen LogP contribution in [0.2, 0.25) is 0 Å². The molecule has 100 valence electrons. The fourth-order valence-corrected chi connectivity index (χ4v) is 2.33. The first-order valence-corrected chi connectivity index (χ1v) is 6.15. The molecule has 0 radical (unpaired) electrons. The van der Waals surface area contributed by atoms with E-state index in [0.717, 1.165) is 19.3 Å². The van der Waals surface area contributed by atoms with Crippen LogP contribution >= 0.6 is 11.3 Å². The van der Waals surface area contributed by atoms with Crippen molar-refractivity contribution >= 4 is 17.1 Å². The molecule has 0 aromatic carbocycles. The van der Waals surface area contributed by atoms with Crippen LogP contribution in [0.5, 0.6) is 0 Å². The Balaban J connectivity index is 0. The lowest BCUT2D eigenvalue weighted by molar-refractivity contribution is -0.119. The Morgan fingerprint density at radius 1 is 1.47 bits per heavy atom. The number of aryl methyl sites for hydroxylation is 1. The number of ether oxygens (including phenoxy) is 1. The van der Waals surface area contributed by atoms with Gasteiger partial charge in [-0.25, -0.2) is 0 Å². The molecule has 0 aliphatic rings. The molecule has 17 heavy (non-hydrogen) atoms. The number of ketones is 1. The lowest BCUT2D eigenvalue weighted by Crippen LogP contribution is -2.14. The maximum absolute atomic E-state index is 10.9. The average Bonchev–Trinajstić information content (AvgIpc) is 2.68. The number of carbonyl (C=O) groups excluding carboxylic acids is 1. The van der Waals surface area contributed by atoms with E-state index in [1.54, 1.807) is 25.4 Å². The summed E-state index contributed by atoms with van der Waals surface area (Å²) in [6.07, 6.45) is 3.79. The second-order valence-corrected chi connectivity index (χ2v) is 4.77. The minimum Gasteiger partial charge on any atom is -0.381 e. The summed E-state index contributed by atoms with van der Waals surface area (Å²) in [6, 6.07) is 4.22. The monoisotopic (exact) mass is 258 g/mol. The molecule has 1 unspecified atom stereocenters. The molecule has 0 bridgehead atoms. The first-order chi connectivity index (χ1) is 7.22. The largest absolute Gasteiger partial charge is 0.381 e. The van der Waals surface area contributed by atoms with Gasteiger partial charge in [0.1, 0.15) is 5.78 Å². The number of hydrogen-bond acceptors (Lipinski definition) is 3. The third-order valence-electron chi connectivity index (χ3n) is 2.38. The Hall–Kier alpha value is -0.670. The van der Waals surface area contributed by atoms with E-state index in [4.69, 9.17) is 4.74 Å². The molecule has 0 aliphatic carbocycles. The fraction of sp³-hybridized carbons (Fsp3) is 0.643. The zero-order chi connectivity index (χ0) is 11.1. The summed E-state index contributed by atoms with van der Waals surface area (Å²) >= 11 is 1.79. The molecule has 0 saturated heterocycles. The normalized spacial score (nSPS) is 11.2. The van der Waals surface area contributed by atoms with E-state index >= 15 is 0 Å². The van der Waals surface area contributed by atoms with Crippen molar-refractivity contribution in [2.45, 2.75) is 53.6 Å². The summed E-state index contributed by atoms with van der Waals surface area (Å²) < 4.78 is 5.26. The number of Topliss-reactive ketones (excluding diaryl/α,β-unsaturated/α-hetero) is 1. The predicted octanol–water partition coefficient (Wildman–Crippen LogP) is 4.34. The molecule has 0 N–H and O–H groups in total. The van der Waals surface area contributed by atoms with E-state index in [9.17, 15) is 4.79 Å². The van der Waals surface area contributed by atoms with Crippen molar-refractivity contribution in [3.63, 3.8) is 0 Å². The molecule has 0 fully saturated rings. The SMILES string of the molecule is C.C.COC(CCCc1cccs1)CC(C)=O. The lowest BCUT2D eigenvalue weighted by Gasteiger charge is -2.12. The van der Waals surface area contributed by atoms with Gasteiger partial charge in [-0.05, 0) is 37.6 Å². The molecule has 1 aromatic rings. The van der Waals surface area contributed by atoms with Crippen molar-refractivity contribution in [3.8, 4) is 0 Å².